The summed E-state index contributed by atoms with van der Waals surface area (Å²) in [7, 11) is 0. The summed E-state index contributed by atoms with van der Waals surface area (Å²) in [6.07, 6.45) is 1.00. The van der Waals surface area contributed by atoms with Gasteiger partial charge in [-0.1, -0.05) is 62.2 Å². The molecule has 1 N–H and O–H groups in total. The van der Waals surface area contributed by atoms with Crippen molar-refractivity contribution in [3.05, 3.63) is 48.0 Å². The highest BCUT2D eigenvalue weighted by molar-refractivity contribution is 5.85. The van der Waals surface area contributed by atoms with Gasteiger partial charge in [-0.3, -0.25) is 0 Å². The van der Waals surface area contributed by atoms with Crippen LogP contribution >= 0.6 is 0 Å². The predicted molar refractivity (Wildman–Crippen MR) is 125 cm³/mol. The minimum Gasteiger partial charge on any atom is -0.464 e. The van der Waals surface area contributed by atoms with Crippen LogP contribution in [0.3, 0.4) is 0 Å². The van der Waals surface area contributed by atoms with Crippen LogP contribution in [-0.4, -0.2) is 59.1 Å². The number of fused-ring (bicyclic) bond motifs is 1. The van der Waals surface area contributed by atoms with Gasteiger partial charge in [0.2, 0.25) is 0 Å². The van der Waals surface area contributed by atoms with E-state index in [1.54, 1.807) is 5.01 Å². The maximum absolute atomic E-state index is 12.4. The van der Waals surface area contributed by atoms with E-state index < -0.39 is 24.5 Å². The van der Waals surface area contributed by atoms with Gasteiger partial charge in [0.15, 0.2) is 6.29 Å². The van der Waals surface area contributed by atoms with Gasteiger partial charge in [0.05, 0.1) is 6.04 Å². The zero-order chi connectivity index (χ0) is 23.5. The van der Waals surface area contributed by atoms with Crippen molar-refractivity contribution in [1.82, 2.24) is 10.0 Å². The van der Waals surface area contributed by atoms with E-state index in [4.69, 9.17) is 9.47 Å². The first-order valence-electron chi connectivity index (χ1n) is 11.4. The first-order valence-corrected chi connectivity index (χ1v) is 11.4. The molecule has 0 saturated carbocycles. The largest absolute Gasteiger partial charge is 0.464 e. The van der Waals surface area contributed by atoms with Crippen molar-refractivity contribution in [3.8, 4) is 0 Å². The number of carbonyl (C=O) groups excluding carboxylic acids is 1. The Kier molecular flexibility index (Phi) is 10.6. The molecule has 0 aliphatic carbocycles. The predicted octanol–water partition coefficient (Wildman–Crippen LogP) is 5.08. The molecule has 2 atom stereocenters. The summed E-state index contributed by atoms with van der Waals surface area (Å²) in [5, 5.41) is 15.2. The second-order valence-electron chi connectivity index (χ2n) is 7.73. The zero-order valence-electron chi connectivity index (χ0n) is 19.6. The molecule has 0 saturated heterocycles. The third kappa shape index (κ3) is 6.51. The fourth-order valence-electron chi connectivity index (χ4n) is 3.92. The highest BCUT2D eigenvalue weighted by Gasteiger charge is 2.36. The van der Waals surface area contributed by atoms with Gasteiger partial charge in [0.25, 0.3) is 0 Å². The van der Waals surface area contributed by atoms with E-state index in [1.165, 1.54) is 5.01 Å². The van der Waals surface area contributed by atoms with Crippen LogP contribution in [0.4, 0.5) is 4.79 Å². The van der Waals surface area contributed by atoms with Gasteiger partial charge in [-0.15, -0.1) is 0 Å². The number of carboxylic acid groups (broad SMARTS) is 1. The number of hydrogen-bond acceptors (Lipinski definition) is 5. The molecule has 0 aromatic heterocycles. The molecule has 32 heavy (non-hydrogen) atoms. The fourth-order valence-corrected chi connectivity index (χ4v) is 3.92. The van der Waals surface area contributed by atoms with Gasteiger partial charge in [0, 0.05) is 19.8 Å². The Bertz CT molecular complexity index is 848. The van der Waals surface area contributed by atoms with Crippen LogP contribution in [-0.2, 0) is 20.8 Å². The molecule has 0 aliphatic rings. The van der Waals surface area contributed by atoms with Crippen LogP contribution in [0.25, 0.3) is 10.8 Å². The van der Waals surface area contributed by atoms with Gasteiger partial charge >= 0.3 is 6.09 Å². The molecule has 0 spiro atoms. The minimum atomic E-state index is -1.17. The number of ether oxygens (including phenoxy) is 2. The molecule has 176 valence electrons. The highest BCUT2D eigenvalue weighted by atomic mass is 16.7. The summed E-state index contributed by atoms with van der Waals surface area (Å²) in [4.78, 5) is 24.4. The van der Waals surface area contributed by atoms with E-state index in [0.717, 1.165) is 35.5 Å². The monoisotopic (exact) mass is 444 g/mol. The van der Waals surface area contributed by atoms with Gasteiger partial charge < -0.3 is 19.4 Å². The molecule has 0 fully saturated rings. The van der Waals surface area contributed by atoms with Gasteiger partial charge in [-0.2, -0.15) is 0 Å². The summed E-state index contributed by atoms with van der Waals surface area (Å²) < 4.78 is 11.6. The number of benzene rings is 2. The molecule has 0 heterocycles. The van der Waals surface area contributed by atoms with Crippen molar-refractivity contribution < 1.29 is 24.2 Å². The molecule has 7 nitrogen and oxygen atoms in total. The van der Waals surface area contributed by atoms with Gasteiger partial charge in [0.1, 0.15) is 12.3 Å². The Hall–Kier alpha value is -2.48. The number of carbonyl (C=O) groups is 2. The molecule has 2 aromatic rings. The normalized spacial score (nSPS) is 13.4. The second kappa shape index (κ2) is 13.2. The average Bonchev–Trinajstić information content (AvgIpc) is 2.80. The maximum Gasteiger partial charge on any atom is 0.422 e. The van der Waals surface area contributed by atoms with E-state index >= 15 is 0 Å². The molecule has 0 radical (unpaired) electrons. The summed E-state index contributed by atoms with van der Waals surface area (Å²) in [6.45, 7) is 8.79. The molecule has 1 amide bonds. The van der Waals surface area contributed by atoms with Crippen molar-refractivity contribution >= 4 is 23.2 Å². The van der Waals surface area contributed by atoms with E-state index in [0.29, 0.717) is 26.2 Å². The smallest absolute Gasteiger partial charge is 0.422 e. The molecular weight excluding hydrogens is 408 g/mol. The molecule has 7 heteroatoms. The minimum absolute atomic E-state index is 0.294. The van der Waals surface area contributed by atoms with Crippen LogP contribution < -0.4 is 0 Å². The maximum atomic E-state index is 12.4. The Morgan fingerprint density at radius 1 is 1.06 bits per heavy atom. The van der Waals surface area contributed by atoms with Crippen molar-refractivity contribution in [2.45, 2.75) is 71.9 Å². The van der Waals surface area contributed by atoms with E-state index in [2.05, 4.69) is 0 Å². The highest BCUT2D eigenvalue weighted by Crippen LogP contribution is 2.25. The molecule has 2 rings (SSSR count). The van der Waals surface area contributed by atoms with Gasteiger partial charge in [-0.05, 0) is 43.5 Å². The van der Waals surface area contributed by atoms with Crippen molar-refractivity contribution in [1.29, 1.82) is 0 Å². The number of hydrogen-bond donors (Lipinski definition) is 1. The number of unbranched alkanes of at least 4 members (excludes halogenated alkanes) is 1. The third-order valence-electron chi connectivity index (χ3n) is 5.54. The average molecular weight is 445 g/mol. The topological polar surface area (TPSA) is 79.3 Å². The SMILES string of the molecule is CCCCC(C=O)N(C(=O)O)N(Cc1cccc2ccccc12)C(C)C(OCC)OCC. The van der Waals surface area contributed by atoms with Crippen LogP contribution in [0.5, 0.6) is 0 Å². The van der Waals surface area contributed by atoms with Crippen LogP contribution in [0.2, 0.25) is 0 Å². The molecular formula is C25H36N2O5. The van der Waals surface area contributed by atoms with Crippen LogP contribution in [0.15, 0.2) is 42.5 Å². The van der Waals surface area contributed by atoms with Crippen LogP contribution in [0.1, 0.15) is 52.5 Å². The third-order valence-corrected chi connectivity index (χ3v) is 5.54. The summed E-state index contributed by atoms with van der Waals surface area (Å²) in [6, 6.07) is 12.7. The van der Waals surface area contributed by atoms with Crippen molar-refractivity contribution in [2.75, 3.05) is 13.2 Å². The number of aldehydes is 1. The second-order valence-corrected chi connectivity index (χ2v) is 7.73. The summed E-state index contributed by atoms with van der Waals surface area (Å²) in [5.41, 5.74) is 0.966. The lowest BCUT2D eigenvalue weighted by molar-refractivity contribution is -0.204. The lowest BCUT2D eigenvalue weighted by Gasteiger charge is -2.42. The summed E-state index contributed by atoms with van der Waals surface area (Å²) in [5.74, 6) is 0. The number of amides is 1. The quantitative estimate of drug-likeness (QED) is 0.249. The lowest BCUT2D eigenvalue weighted by atomic mass is 10.0. The summed E-state index contributed by atoms with van der Waals surface area (Å²) >= 11 is 0. The van der Waals surface area contributed by atoms with E-state index in [1.807, 2.05) is 70.2 Å². The molecule has 0 bridgehead atoms. The first-order chi connectivity index (χ1) is 15.5. The van der Waals surface area contributed by atoms with Crippen LogP contribution in [0, 0.1) is 0 Å². The van der Waals surface area contributed by atoms with E-state index in [9.17, 15) is 14.7 Å². The fraction of sp³-hybridized carbons (Fsp3) is 0.520. The Morgan fingerprint density at radius 2 is 1.72 bits per heavy atom. The van der Waals surface area contributed by atoms with Crippen molar-refractivity contribution in [2.24, 2.45) is 0 Å². The molecule has 2 unspecified atom stereocenters. The first kappa shape index (κ1) is 25.8. The van der Waals surface area contributed by atoms with Gasteiger partial charge in [-0.25, -0.2) is 14.8 Å². The van der Waals surface area contributed by atoms with Crippen molar-refractivity contribution in [3.63, 3.8) is 0 Å². The lowest BCUT2D eigenvalue weighted by Crippen LogP contribution is -2.58. The Balaban J connectivity index is 2.53. The number of rotatable bonds is 14. The number of hydrazine groups is 1. The standard InChI is InChI=1S/C25H36N2O5/c1-5-8-15-22(18-28)27(25(29)30)26(19(4)24(31-6-2)32-7-3)17-21-14-11-13-20-12-9-10-16-23(20)21/h9-14,16,18-19,22,24H,5-8,15,17H2,1-4H3,(H,29,30). The zero-order valence-corrected chi connectivity index (χ0v) is 19.6. The molecule has 0 aliphatic heterocycles. The Labute approximate surface area is 190 Å². The molecule has 2 aromatic carbocycles. The number of nitrogens with zero attached hydrogens (tertiary/aromatic N) is 2. The Morgan fingerprint density at radius 3 is 2.31 bits per heavy atom. The van der Waals surface area contributed by atoms with E-state index in [-0.39, 0.29) is 0 Å².